The number of imidazole rings is 1. The number of anilines is 1. The highest BCUT2D eigenvalue weighted by molar-refractivity contribution is 5.85. The number of para-hydroxylation sites is 1. The van der Waals surface area contributed by atoms with E-state index in [1.54, 1.807) is 6.20 Å². The maximum absolute atomic E-state index is 4.83. The minimum absolute atomic E-state index is 0.252. The van der Waals surface area contributed by atoms with Crippen LogP contribution in [0.2, 0.25) is 0 Å². The molecule has 0 aliphatic rings. The van der Waals surface area contributed by atoms with Crippen LogP contribution in [-0.2, 0) is 6.42 Å². The first kappa shape index (κ1) is 19.2. The third-order valence-electron chi connectivity index (χ3n) is 5.47. The fourth-order valence-electron chi connectivity index (χ4n) is 3.88. The number of aromatic amines is 1. The van der Waals surface area contributed by atoms with Crippen LogP contribution in [0.15, 0.2) is 55.2 Å². The lowest BCUT2D eigenvalue weighted by Gasteiger charge is -2.11. The van der Waals surface area contributed by atoms with Gasteiger partial charge in [0.05, 0.1) is 6.33 Å². The highest BCUT2D eigenvalue weighted by Gasteiger charge is 2.16. The largest absolute Gasteiger partial charge is 0.368 e. The molecule has 4 heterocycles. The summed E-state index contributed by atoms with van der Waals surface area (Å²) in [5.41, 5.74) is 6.04. The molecule has 2 N–H and O–H groups in total. The van der Waals surface area contributed by atoms with Gasteiger partial charge in [0.2, 0.25) is 0 Å². The number of hydrogen-bond donors (Lipinski definition) is 2. The third-order valence-corrected chi connectivity index (χ3v) is 5.47. The first-order valence-electron chi connectivity index (χ1n) is 10.6. The quantitative estimate of drug-likeness (QED) is 0.415. The second-order valence-electron chi connectivity index (χ2n) is 8.10. The number of nitrogens with one attached hydrogen (secondary N) is 2. The molecule has 7 nitrogen and oxygen atoms in total. The molecule has 0 fully saturated rings. The number of aryl methyl sites for hydroxylation is 1. The van der Waals surface area contributed by atoms with E-state index in [-0.39, 0.29) is 6.04 Å². The maximum atomic E-state index is 4.83. The van der Waals surface area contributed by atoms with Crippen molar-refractivity contribution in [1.29, 1.82) is 0 Å². The number of aromatic nitrogens is 6. The molecule has 0 radical (unpaired) electrons. The number of pyridine rings is 1. The summed E-state index contributed by atoms with van der Waals surface area (Å²) in [6, 6.07) is 10.7. The molecule has 0 saturated heterocycles. The first-order valence-corrected chi connectivity index (χ1v) is 10.6. The monoisotopic (exact) mass is 411 g/mol. The molecule has 5 rings (SSSR count). The Kier molecular flexibility index (Phi) is 4.86. The Morgan fingerprint density at radius 1 is 1.13 bits per heavy atom. The Labute approximate surface area is 180 Å². The lowest BCUT2D eigenvalue weighted by Crippen LogP contribution is -2.09. The number of H-pyrrole nitrogens is 1. The van der Waals surface area contributed by atoms with Crippen LogP contribution in [0.5, 0.6) is 0 Å². The van der Waals surface area contributed by atoms with Crippen molar-refractivity contribution in [3.63, 3.8) is 0 Å². The van der Waals surface area contributed by atoms with E-state index in [0.717, 1.165) is 46.6 Å². The van der Waals surface area contributed by atoms with Crippen molar-refractivity contribution in [3.05, 3.63) is 66.4 Å². The SMILES string of the molecule is Cc1cncc(-c2nc(NCCc3c[nH]c4ccccc34)c3ncn(C(C)C)c3n2)c1. The molecular formula is C24H25N7. The Bertz CT molecular complexity index is 1360. The second kappa shape index (κ2) is 7.83. The molecule has 4 aromatic heterocycles. The van der Waals surface area contributed by atoms with Crippen molar-refractivity contribution >= 4 is 27.9 Å². The summed E-state index contributed by atoms with van der Waals surface area (Å²) in [6.45, 7) is 7.02. The van der Waals surface area contributed by atoms with E-state index >= 15 is 0 Å². The fourth-order valence-corrected chi connectivity index (χ4v) is 3.88. The first-order chi connectivity index (χ1) is 15.1. The third kappa shape index (κ3) is 3.63. The van der Waals surface area contributed by atoms with Crippen LogP contribution >= 0.6 is 0 Å². The van der Waals surface area contributed by atoms with Crippen molar-refractivity contribution in [2.75, 3.05) is 11.9 Å². The van der Waals surface area contributed by atoms with Crippen molar-refractivity contribution < 1.29 is 0 Å². The summed E-state index contributed by atoms with van der Waals surface area (Å²) >= 11 is 0. The van der Waals surface area contributed by atoms with Gasteiger partial charge in [-0.1, -0.05) is 18.2 Å². The lowest BCUT2D eigenvalue weighted by atomic mass is 10.1. The van der Waals surface area contributed by atoms with Gasteiger partial charge in [-0.05, 0) is 50.5 Å². The summed E-state index contributed by atoms with van der Waals surface area (Å²) in [5, 5.41) is 4.76. The standard InChI is InChI=1S/C24H25N7/c1-15(2)31-14-28-21-23(26-9-8-17-13-27-20-7-5-4-6-19(17)20)29-22(30-24(21)31)18-10-16(3)11-25-12-18/h4-7,10-15,27H,8-9H2,1-3H3,(H,26,29,30). The van der Waals surface area contributed by atoms with E-state index in [0.29, 0.717) is 5.82 Å². The van der Waals surface area contributed by atoms with Crippen LogP contribution in [-0.4, -0.2) is 36.0 Å². The summed E-state index contributed by atoms with van der Waals surface area (Å²) in [6.07, 6.45) is 8.44. The number of nitrogens with zero attached hydrogens (tertiary/aromatic N) is 5. The van der Waals surface area contributed by atoms with Crippen LogP contribution in [0, 0.1) is 6.92 Å². The van der Waals surface area contributed by atoms with Gasteiger partial charge in [0, 0.05) is 47.6 Å². The highest BCUT2D eigenvalue weighted by Crippen LogP contribution is 2.26. The van der Waals surface area contributed by atoms with Gasteiger partial charge in [-0.3, -0.25) is 4.98 Å². The average molecular weight is 412 g/mol. The summed E-state index contributed by atoms with van der Waals surface area (Å²) in [5.74, 6) is 1.40. The van der Waals surface area contributed by atoms with Gasteiger partial charge < -0.3 is 14.9 Å². The minimum Gasteiger partial charge on any atom is -0.368 e. The molecular weight excluding hydrogens is 386 g/mol. The van der Waals surface area contributed by atoms with E-state index in [1.807, 2.05) is 25.5 Å². The summed E-state index contributed by atoms with van der Waals surface area (Å²) < 4.78 is 2.08. The predicted octanol–water partition coefficient (Wildman–Crippen LogP) is 4.91. The van der Waals surface area contributed by atoms with Crippen molar-refractivity contribution in [1.82, 2.24) is 29.5 Å². The van der Waals surface area contributed by atoms with Gasteiger partial charge in [0.15, 0.2) is 17.3 Å². The number of fused-ring (bicyclic) bond motifs is 2. The van der Waals surface area contributed by atoms with E-state index in [2.05, 4.69) is 69.1 Å². The maximum Gasteiger partial charge on any atom is 0.166 e. The van der Waals surface area contributed by atoms with E-state index < -0.39 is 0 Å². The molecule has 1 aromatic carbocycles. The van der Waals surface area contributed by atoms with Crippen molar-refractivity contribution in [2.24, 2.45) is 0 Å². The van der Waals surface area contributed by atoms with E-state index in [1.165, 1.54) is 10.9 Å². The molecule has 0 atom stereocenters. The zero-order chi connectivity index (χ0) is 21.4. The summed E-state index contributed by atoms with van der Waals surface area (Å²) in [7, 11) is 0. The van der Waals surface area contributed by atoms with Crippen molar-refractivity contribution in [2.45, 2.75) is 33.2 Å². The molecule has 0 aliphatic heterocycles. The topological polar surface area (TPSA) is 84.3 Å². The zero-order valence-electron chi connectivity index (χ0n) is 17.9. The van der Waals surface area contributed by atoms with E-state index in [4.69, 9.17) is 9.97 Å². The molecule has 0 amide bonds. The Morgan fingerprint density at radius 2 is 2.00 bits per heavy atom. The molecule has 0 unspecified atom stereocenters. The smallest absolute Gasteiger partial charge is 0.166 e. The molecule has 156 valence electrons. The minimum atomic E-state index is 0.252. The zero-order valence-corrected chi connectivity index (χ0v) is 17.9. The molecule has 31 heavy (non-hydrogen) atoms. The molecule has 5 aromatic rings. The van der Waals surface area contributed by atoms with Gasteiger partial charge >= 0.3 is 0 Å². The van der Waals surface area contributed by atoms with Crippen LogP contribution in [0.4, 0.5) is 5.82 Å². The molecule has 0 bridgehead atoms. The van der Waals surface area contributed by atoms with Gasteiger partial charge in [-0.25, -0.2) is 15.0 Å². The lowest BCUT2D eigenvalue weighted by molar-refractivity contribution is 0.613. The Hall–Kier alpha value is -3.74. The molecule has 0 saturated carbocycles. The van der Waals surface area contributed by atoms with Crippen molar-refractivity contribution in [3.8, 4) is 11.4 Å². The van der Waals surface area contributed by atoms with Crippen LogP contribution in [0.3, 0.4) is 0 Å². The fraction of sp³-hybridized carbons (Fsp3) is 0.250. The van der Waals surface area contributed by atoms with Gasteiger partial charge in [-0.15, -0.1) is 0 Å². The number of hydrogen-bond acceptors (Lipinski definition) is 5. The van der Waals surface area contributed by atoms with Gasteiger partial charge in [-0.2, -0.15) is 0 Å². The normalized spacial score (nSPS) is 11.6. The predicted molar refractivity (Wildman–Crippen MR) is 124 cm³/mol. The summed E-state index contributed by atoms with van der Waals surface area (Å²) in [4.78, 5) is 21.9. The van der Waals surface area contributed by atoms with Crippen LogP contribution < -0.4 is 5.32 Å². The number of rotatable bonds is 6. The van der Waals surface area contributed by atoms with E-state index in [9.17, 15) is 0 Å². The van der Waals surface area contributed by atoms with Crippen LogP contribution in [0.25, 0.3) is 33.5 Å². The Balaban J connectivity index is 1.49. The highest BCUT2D eigenvalue weighted by atomic mass is 15.2. The van der Waals surface area contributed by atoms with Crippen LogP contribution in [0.1, 0.15) is 31.0 Å². The molecule has 0 aliphatic carbocycles. The molecule has 0 spiro atoms. The van der Waals surface area contributed by atoms with Gasteiger partial charge in [0.1, 0.15) is 5.52 Å². The Morgan fingerprint density at radius 3 is 2.84 bits per heavy atom. The average Bonchev–Trinajstić information content (AvgIpc) is 3.38. The van der Waals surface area contributed by atoms with Gasteiger partial charge in [0.25, 0.3) is 0 Å². The number of benzene rings is 1. The second-order valence-corrected chi connectivity index (χ2v) is 8.10. The molecule has 7 heteroatoms.